The Bertz CT molecular complexity index is 818. The zero-order chi connectivity index (χ0) is 18.7. The number of methoxy groups -OCH3 is 1. The molecule has 1 fully saturated rings. The van der Waals surface area contributed by atoms with E-state index in [0.717, 1.165) is 6.07 Å². The van der Waals surface area contributed by atoms with E-state index in [-0.39, 0.29) is 11.6 Å². The maximum Gasteiger partial charge on any atom is 0.327 e. The number of nitro benzene ring substituents is 1. The largest absolute Gasteiger partial charge is 0.497 e. The third-order valence-corrected chi connectivity index (χ3v) is 4.39. The fraction of sp³-hybridized carbons (Fsp3) is 0.278. The molecule has 0 atom stereocenters. The lowest BCUT2D eigenvalue weighted by atomic mass is 10.1. The summed E-state index contributed by atoms with van der Waals surface area (Å²) in [5, 5.41) is 11.2. The fourth-order valence-corrected chi connectivity index (χ4v) is 3.01. The first-order valence-electron chi connectivity index (χ1n) is 8.12. The number of anilines is 1. The zero-order valence-corrected chi connectivity index (χ0v) is 14.2. The maximum atomic E-state index is 13.8. The number of ether oxygens (including phenoxy) is 1. The topological polar surface area (TPSA) is 75.9 Å². The predicted molar refractivity (Wildman–Crippen MR) is 94.2 cm³/mol. The van der Waals surface area contributed by atoms with Crippen molar-refractivity contribution in [3.8, 4) is 5.75 Å². The van der Waals surface area contributed by atoms with E-state index in [2.05, 4.69) is 0 Å². The lowest BCUT2D eigenvalue weighted by molar-refractivity contribution is -0.386. The van der Waals surface area contributed by atoms with Crippen LogP contribution in [0.3, 0.4) is 0 Å². The van der Waals surface area contributed by atoms with E-state index >= 15 is 0 Å². The first kappa shape index (κ1) is 17.7. The summed E-state index contributed by atoms with van der Waals surface area (Å²) in [6.45, 7) is 1.59. The summed E-state index contributed by atoms with van der Waals surface area (Å²) in [4.78, 5) is 26.4. The molecular formula is C18H18FN3O4. The molecule has 3 rings (SSSR count). The summed E-state index contributed by atoms with van der Waals surface area (Å²) in [6, 6.07) is 10.9. The second kappa shape index (κ2) is 7.38. The van der Waals surface area contributed by atoms with E-state index in [1.807, 2.05) is 0 Å². The van der Waals surface area contributed by atoms with Gasteiger partial charge in [0, 0.05) is 31.7 Å². The van der Waals surface area contributed by atoms with E-state index < -0.39 is 16.4 Å². The Kier molecular flexibility index (Phi) is 5.01. The molecule has 8 heteroatoms. The number of nitrogens with zero attached hydrogens (tertiary/aromatic N) is 3. The smallest absolute Gasteiger partial charge is 0.327 e. The van der Waals surface area contributed by atoms with Crippen molar-refractivity contribution in [2.75, 3.05) is 38.2 Å². The van der Waals surface area contributed by atoms with Crippen molar-refractivity contribution in [1.82, 2.24) is 4.90 Å². The highest BCUT2D eigenvalue weighted by Gasteiger charge is 2.28. The molecule has 1 aliphatic rings. The lowest BCUT2D eigenvalue weighted by Gasteiger charge is -2.35. The number of carbonyl (C=O) groups excluding carboxylic acids is 1. The Hall–Kier alpha value is -3.16. The molecule has 26 heavy (non-hydrogen) atoms. The molecule has 0 spiro atoms. The van der Waals surface area contributed by atoms with Gasteiger partial charge >= 0.3 is 5.69 Å². The van der Waals surface area contributed by atoms with Gasteiger partial charge in [-0.05, 0) is 36.4 Å². The van der Waals surface area contributed by atoms with Gasteiger partial charge in [0.15, 0.2) is 0 Å². The average molecular weight is 359 g/mol. The summed E-state index contributed by atoms with van der Waals surface area (Å²) in [6.07, 6.45) is 0. The van der Waals surface area contributed by atoms with E-state index in [9.17, 15) is 19.3 Å². The Morgan fingerprint density at radius 3 is 2.35 bits per heavy atom. The van der Waals surface area contributed by atoms with Crippen molar-refractivity contribution in [2.45, 2.75) is 0 Å². The van der Waals surface area contributed by atoms with Crippen LogP contribution in [0.4, 0.5) is 15.8 Å². The van der Waals surface area contributed by atoms with Gasteiger partial charge in [-0.3, -0.25) is 14.9 Å². The summed E-state index contributed by atoms with van der Waals surface area (Å²) in [7, 11) is 1.56. The summed E-state index contributed by atoms with van der Waals surface area (Å²) >= 11 is 0. The first-order valence-corrected chi connectivity index (χ1v) is 8.12. The third kappa shape index (κ3) is 3.44. The molecule has 136 valence electrons. The molecule has 1 aliphatic heterocycles. The van der Waals surface area contributed by atoms with Crippen LogP contribution in [0.15, 0.2) is 42.5 Å². The highest BCUT2D eigenvalue weighted by molar-refractivity contribution is 5.94. The summed E-state index contributed by atoms with van der Waals surface area (Å²) < 4.78 is 18.9. The number of benzene rings is 2. The number of rotatable bonds is 4. The van der Waals surface area contributed by atoms with Gasteiger partial charge in [-0.2, -0.15) is 4.39 Å². The number of carbonyl (C=O) groups is 1. The average Bonchev–Trinajstić information content (AvgIpc) is 2.67. The van der Waals surface area contributed by atoms with Crippen LogP contribution in [0.5, 0.6) is 5.75 Å². The number of piperazine rings is 1. The van der Waals surface area contributed by atoms with Crippen LogP contribution in [-0.4, -0.2) is 49.0 Å². The highest BCUT2D eigenvalue weighted by Crippen LogP contribution is 2.31. The Morgan fingerprint density at radius 2 is 1.77 bits per heavy atom. The van der Waals surface area contributed by atoms with Gasteiger partial charge < -0.3 is 14.5 Å². The van der Waals surface area contributed by atoms with Crippen molar-refractivity contribution in [3.05, 3.63) is 64.0 Å². The molecule has 0 saturated carbocycles. The number of hydrogen-bond donors (Lipinski definition) is 0. The number of hydrogen-bond acceptors (Lipinski definition) is 5. The van der Waals surface area contributed by atoms with E-state index in [1.54, 1.807) is 41.2 Å². The Labute approximate surface area is 149 Å². The minimum Gasteiger partial charge on any atom is -0.497 e. The van der Waals surface area contributed by atoms with Gasteiger partial charge in [0.2, 0.25) is 5.82 Å². The standard InChI is InChI=1S/C18H18FN3O4/c1-26-14-7-5-13(6-8-14)18(23)21-11-9-20(10-12-21)16-4-2-3-15(19)17(16)22(24)25/h2-8H,9-12H2,1H3. The molecule has 1 saturated heterocycles. The van der Waals surface area contributed by atoms with Crippen LogP contribution in [0, 0.1) is 15.9 Å². The normalized spacial score (nSPS) is 14.2. The molecule has 2 aromatic rings. The molecular weight excluding hydrogens is 341 g/mol. The molecule has 2 aromatic carbocycles. The molecule has 0 bridgehead atoms. The molecule has 0 N–H and O–H groups in total. The first-order chi connectivity index (χ1) is 12.5. The van der Waals surface area contributed by atoms with Crippen LogP contribution in [0.1, 0.15) is 10.4 Å². The van der Waals surface area contributed by atoms with E-state index in [4.69, 9.17) is 4.74 Å². The summed E-state index contributed by atoms with van der Waals surface area (Å²) in [5.74, 6) is -0.296. The molecule has 0 aromatic heterocycles. The number of halogens is 1. The molecule has 1 heterocycles. The number of nitro groups is 1. The third-order valence-electron chi connectivity index (χ3n) is 4.39. The van der Waals surface area contributed by atoms with Gasteiger partial charge in [0.05, 0.1) is 12.0 Å². The van der Waals surface area contributed by atoms with Gasteiger partial charge in [0.1, 0.15) is 11.4 Å². The molecule has 7 nitrogen and oxygen atoms in total. The second-order valence-electron chi connectivity index (χ2n) is 5.87. The fourth-order valence-electron chi connectivity index (χ4n) is 3.01. The highest BCUT2D eigenvalue weighted by atomic mass is 19.1. The Morgan fingerprint density at radius 1 is 1.12 bits per heavy atom. The SMILES string of the molecule is COc1ccc(C(=O)N2CCN(c3cccc(F)c3[N+](=O)[O-])CC2)cc1. The number of para-hydroxylation sites is 1. The van der Waals surface area contributed by atoms with Crippen LogP contribution in [-0.2, 0) is 0 Å². The van der Waals surface area contributed by atoms with Gasteiger partial charge in [-0.25, -0.2) is 0 Å². The van der Waals surface area contributed by atoms with E-state index in [0.29, 0.717) is 37.5 Å². The van der Waals surface area contributed by atoms with Crippen LogP contribution < -0.4 is 9.64 Å². The van der Waals surface area contributed by atoms with Crippen LogP contribution in [0.2, 0.25) is 0 Å². The van der Waals surface area contributed by atoms with Gasteiger partial charge in [0.25, 0.3) is 5.91 Å². The van der Waals surface area contributed by atoms with Gasteiger partial charge in [-0.1, -0.05) is 6.07 Å². The monoisotopic (exact) mass is 359 g/mol. The summed E-state index contributed by atoms with van der Waals surface area (Å²) in [5.41, 5.74) is 0.268. The van der Waals surface area contributed by atoms with Gasteiger partial charge in [-0.15, -0.1) is 0 Å². The van der Waals surface area contributed by atoms with Crippen molar-refractivity contribution in [2.24, 2.45) is 0 Å². The van der Waals surface area contributed by atoms with Crippen molar-refractivity contribution in [3.63, 3.8) is 0 Å². The quantitative estimate of drug-likeness (QED) is 0.620. The van der Waals surface area contributed by atoms with Crippen LogP contribution in [0.25, 0.3) is 0 Å². The van der Waals surface area contributed by atoms with Crippen LogP contribution >= 0.6 is 0 Å². The lowest BCUT2D eigenvalue weighted by Crippen LogP contribution is -2.49. The molecule has 1 amide bonds. The maximum absolute atomic E-state index is 13.8. The molecule has 0 radical (unpaired) electrons. The number of amides is 1. The predicted octanol–water partition coefficient (Wildman–Crippen LogP) is 2.70. The van der Waals surface area contributed by atoms with E-state index in [1.165, 1.54) is 12.1 Å². The van der Waals surface area contributed by atoms with Crippen molar-refractivity contribution < 1.29 is 18.8 Å². The van der Waals surface area contributed by atoms with Crippen molar-refractivity contribution in [1.29, 1.82) is 0 Å². The minimum atomic E-state index is -0.857. The Balaban J connectivity index is 1.70. The molecule has 0 unspecified atom stereocenters. The van der Waals surface area contributed by atoms with Crippen molar-refractivity contribution >= 4 is 17.3 Å². The second-order valence-corrected chi connectivity index (χ2v) is 5.87. The zero-order valence-electron chi connectivity index (χ0n) is 14.2. The molecule has 0 aliphatic carbocycles. The minimum absolute atomic E-state index is 0.110.